The van der Waals surface area contributed by atoms with E-state index in [4.69, 9.17) is 0 Å². The van der Waals surface area contributed by atoms with Gasteiger partial charge in [-0.25, -0.2) is 4.79 Å². The van der Waals surface area contributed by atoms with Gasteiger partial charge >= 0.3 is 6.09 Å². The maximum atomic E-state index is 10.3. The van der Waals surface area contributed by atoms with Gasteiger partial charge < -0.3 is 4.74 Å². The van der Waals surface area contributed by atoms with Crippen LogP contribution in [0.5, 0.6) is 0 Å². The number of aliphatic imine (C=N–C) groups is 1. The van der Waals surface area contributed by atoms with Crippen LogP contribution in [0.1, 0.15) is 0 Å². The molecule has 1 rings (SSSR count). The molecular formula is C6H5NO2. The van der Waals surface area contributed by atoms with E-state index in [0.29, 0.717) is 0 Å². The van der Waals surface area contributed by atoms with E-state index >= 15 is 0 Å². The van der Waals surface area contributed by atoms with Crippen LogP contribution in [0.15, 0.2) is 29.5 Å². The molecule has 0 aromatic carbocycles. The van der Waals surface area contributed by atoms with Gasteiger partial charge in [-0.1, -0.05) is 6.08 Å². The second kappa shape index (κ2) is 2.81. The fourth-order valence-corrected chi connectivity index (χ4v) is 0.391. The van der Waals surface area contributed by atoms with Gasteiger partial charge in [0.15, 0.2) is 0 Å². The van der Waals surface area contributed by atoms with Crippen LogP contribution in [0.25, 0.3) is 0 Å². The van der Waals surface area contributed by atoms with Crippen molar-refractivity contribution in [2.75, 3.05) is 0 Å². The molecule has 0 spiro atoms. The highest BCUT2D eigenvalue weighted by Gasteiger charge is 1.91. The van der Waals surface area contributed by atoms with E-state index in [1.165, 1.54) is 12.5 Å². The molecule has 1 amide bonds. The van der Waals surface area contributed by atoms with Gasteiger partial charge in [-0.2, -0.15) is 4.99 Å². The summed E-state index contributed by atoms with van der Waals surface area (Å²) in [6.45, 7) is 0. The monoisotopic (exact) mass is 123 g/mol. The molecule has 0 aromatic rings. The predicted octanol–water partition coefficient (Wildman–Crippen LogP) is 1.28. The maximum Gasteiger partial charge on any atom is 0.438 e. The molecule has 0 atom stereocenters. The van der Waals surface area contributed by atoms with E-state index < -0.39 is 6.09 Å². The summed E-state index contributed by atoms with van der Waals surface area (Å²) in [5.74, 6) is 0. The predicted molar refractivity (Wildman–Crippen MR) is 33.3 cm³/mol. The minimum absolute atomic E-state index is 0.587. The molecule has 1 aliphatic rings. The summed E-state index contributed by atoms with van der Waals surface area (Å²) in [7, 11) is 0. The number of carbonyl (C=O) groups is 1. The van der Waals surface area contributed by atoms with Gasteiger partial charge in [-0.05, 0) is 12.2 Å². The lowest BCUT2D eigenvalue weighted by atomic mass is 10.5. The first-order chi connectivity index (χ1) is 4.39. The number of ether oxygens (including phenoxy) is 1. The molecule has 0 radical (unpaired) electrons. The van der Waals surface area contributed by atoms with Gasteiger partial charge in [0.2, 0.25) is 0 Å². The standard InChI is InChI=1S/C6H5NO2/c8-6-7-4-2-1-3-5-9-6/h1-5H/b2-1-,5-3-,7-4?. The molecule has 0 N–H and O–H groups in total. The molecule has 1 heterocycles. The first-order valence-electron chi connectivity index (χ1n) is 2.46. The highest BCUT2D eigenvalue weighted by Crippen LogP contribution is 1.88. The fraction of sp³-hybridized carbons (Fsp3) is 0. The van der Waals surface area contributed by atoms with Gasteiger partial charge in [0, 0.05) is 6.21 Å². The molecule has 1 aliphatic heterocycles. The molecule has 0 saturated heterocycles. The van der Waals surface area contributed by atoms with Gasteiger partial charge in [-0.15, -0.1) is 0 Å². The van der Waals surface area contributed by atoms with Crippen LogP contribution in [-0.2, 0) is 4.74 Å². The average molecular weight is 123 g/mol. The molecular weight excluding hydrogens is 118 g/mol. The summed E-state index contributed by atoms with van der Waals surface area (Å²) < 4.78 is 4.41. The number of hydrogen-bond acceptors (Lipinski definition) is 2. The Balaban J connectivity index is 2.70. The van der Waals surface area contributed by atoms with Crippen molar-refractivity contribution < 1.29 is 9.53 Å². The number of allylic oxidation sites excluding steroid dienone is 3. The zero-order chi connectivity index (χ0) is 6.53. The molecule has 9 heavy (non-hydrogen) atoms. The number of rotatable bonds is 0. The third kappa shape index (κ3) is 1.90. The Morgan fingerprint density at radius 2 is 2.22 bits per heavy atom. The largest absolute Gasteiger partial charge is 0.438 e. The molecule has 0 aliphatic carbocycles. The van der Waals surface area contributed by atoms with Gasteiger partial charge in [0.25, 0.3) is 0 Å². The highest BCUT2D eigenvalue weighted by atomic mass is 16.5. The molecule has 0 bridgehead atoms. The molecule has 3 heteroatoms. The number of cyclic esters (lactones) is 1. The van der Waals surface area contributed by atoms with Crippen molar-refractivity contribution in [2.45, 2.75) is 0 Å². The molecule has 46 valence electrons. The first-order valence-corrected chi connectivity index (χ1v) is 2.46. The second-order valence-corrected chi connectivity index (χ2v) is 1.38. The van der Waals surface area contributed by atoms with Crippen LogP contribution >= 0.6 is 0 Å². The Morgan fingerprint density at radius 3 is 3.11 bits per heavy atom. The zero-order valence-electron chi connectivity index (χ0n) is 4.65. The van der Waals surface area contributed by atoms with Crippen LogP contribution in [0.4, 0.5) is 4.79 Å². The van der Waals surface area contributed by atoms with Crippen LogP contribution < -0.4 is 0 Å². The minimum atomic E-state index is -0.587. The van der Waals surface area contributed by atoms with E-state index in [1.54, 1.807) is 18.2 Å². The summed E-state index contributed by atoms with van der Waals surface area (Å²) in [5.41, 5.74) is 0. The first kappa shape index (κ1) is 5.75. The summed E-state index contributed by atoms with van der Waals surface area (Å²) in [4.78, 5) is 13.7. The van der Waals surface area contributed by atoms with E-state index in [9.17, 15) is 4.79 Å². The maximum absolute atomic E-state index is 10.3. The van der Waals surface area contributed by atoms with Crippen molar-refractivity contribution in [3.8, 4) is 0 Å². The van der Waals surface area contributed by atoms with Crippen molar-refractivity contribution in [3.63, 3.8) is 0 Å². The van der Waals surface area contributed by atoms with Gasteiger partial charge in [0.05, 0.1) is 6.26 Å². The van der Waals surface area contributed by atoms with Crippen LogP contribution in [-0.4, -0.2) is 12.3 Å². The van der Waals surface area contributed by atoms with Gasteiger partial charge in [0.1, 0.15) is 0 Å². The van der Waals surface area contributed by atoms with Crippen LogP contribution in [0.2, 0.25) is 0 Å². The zero-order valence-corrected chi connectivity index (χ0v) is 4.65. The van der Waals surface area contributed by atoms with Crippen molar-refractivity contribution in [1.82, 2.24) is 0 Å². The van der Waals surface area contributed by atoms with Crippen LogP contribution in [0.3, 0.4) is 0 Å². The van der Waals surface area contributed by atoms with Crippen molar-refractivity contribution in [1.29, 1.82) is 0 Å². The number of carbonyl (C=O) groups excluding carboxylic acids is 1. The summed E-state index contributed by atoms with van der Waals surface area (Å²) in [6, 6.07) is 0. The summed E-state index contributed by atoms with van der Waals surface area (Å²) >= 11 is 0. The normalized spacial score (nSPS) is 23.8. The van der Waals surface area contributed by atoms with Crippen molar-refractivity contribution in [3.05, 3.63) is 24.5 Å². The molecule has 0 aromatic heterocycles. The Kier molecular flexibility index (Phi) is 1.80. The van der Waals surface area contributed by atoms with E-state index in [1.807, 2.05) is 0 Å². The third-order valence-corrected chi connectivity index (χ3v) is 0.736. The average Bonchev–Trinajstić information content (AvgIpc) is 1.79. The molecule has 0 unspecified atom stereocenters. The quantitative estimate of drug-likeness (QED) is 0.486. The third-order valence-electron chi connectivity index (χ3n) is 0.736. The van der Waals surface area contributed by atoms with E-state index in [-0.39, 0.29) is 0 Å². The van der Waals surface area contributed by atoms with Crippen molar-refractivity contribution in [2.24, 2.45) is 4.99 Å². The lowest BCUT2D eigenvalue weighted by Gasteiger charge is -1.90. The van der Waals surface area contributed by atoms with E-state index in [0.717, 1.165) is 0 Å². The van der Waals surface area contributed by atoms with Crippen LogP contribution in [0, 0.1) is 0 Å². The highest BCUT2D eigenvalue weighted by molar-refractivity contribution is 5.85. The lowest BCUT2D eigenvalue weighted by Crippen LogP contribution is -1.92. The number of amides is 1. The summed E-state index contributed by atoms with van der Waals surface area (Å²) in [5, 5.41) is 0. The number of nitrogens with zero attached hydrogens (tertiary/aromatic N) is 1. The van der Waals surface area contributed by atoms with Crippen molar-refractivity contribution >= 4 is 12.3 Å². The Hall–Kier alpha value is -1.38. The molecule has 0 saturated carbocycles. The second-order valence-electron chi connectivity index (χ2n) is 1.38. The summed E-state index contributed by atoms with van der Waals surface area (Å²) in [6.07, 6.45) is 7.06. The Morgan fingerprint density at radius 1 is 1.33 bits per heavy atom. The molecule has 0 fully saturated rings. The lowest BCUT2D eigenvalue weighted by molar-refractivity contribution is 0.197. The Bertz CT molecular complexity index is 191. The smallest absolute Gasteiger partial charge is 0.417 e. The SMILES string of the molecule is O=C1N=C/C=C\C=C/O1. The minimum Gasteiger partial charge on any atom is -0.417 e. The molecule has 3 nitrogen and oxygen atoms in total. The van der Waals surface area contributed by atoms with E-state index in [2.05, 4.69) is 9.73 Å². The fourth-order valence-electron chi connectivity index (χ4n) is 0.391. The number of hydrogen-bond donors (Lipinski definition) is 0. The topological polar surface area (TPSA) is 38.7 Å². The van der Waals surface area contributed by atoms with Gasteiger partial charge in [-0.3, -0.25) is 0 Å². The Labute approximate surface area is 52.3 Å².